The number of carbonyl (C=O) groups is 1. The van der Waals surface area contributed by atoms with Crippen molar-refractivity contribution >= 4 is 11.7 Å². The normalized spacial score (nSPS) is 16.2. The number of rotatable bonds is 5. The summed E-state index contributed by atoms with van der Waals surface area (Å²) in [5, 5.41) is 0. The predicted molar refractivity (Wildman–Crippen MR) is 117 cm³/mol. The summed E-state index contributed by atoms with van der Waals surface area (Å²) >= 11 is 0. The molecule has 1 aliphatic rings. The Morgan fingerprint density at radius 1 is 1.09 bits per heavy atom. The highest BCUT2D eigenvalue weighted by atomic mass is 19.1. The standard InChI is InChI=1S/C24H24F2N4O2/c1-16-3-8-20(26)21(11-16)32-23-13-22(27-15-28-23)29-9-10-30(17(2)14-29)24(31)12-18-4-6-19(25)7-5-18/h3-8,11,13,15,17H,9-10,12,14H2,1-2H3/t17-/m0/s1. The van der Waals surface area contributed by atoms with Crippen molar-refractivity contribution in [2.45, 2.75) is 26.3 Å². The number of ether oxygens (including phenoxy) is 1. The molecule has 2 heterocycles. The van der Waals surface area contributed by atoms with Crippen molar-refractivity contribution < 1.29 is 18.3 Å². The summed E-state index contributed by atoms with van der Waals surface area (Å²) in [5.74, 6) is 0.242. The van der Waals surface area contributed by atoms with Gasteiger partial charge in [-0.3, -0.25) is 4.79 Å². The number of amides is 1. The van der Waals surface area contributed by atoms with E-state index in [9.17, 15) is 13.6 Å². The summed E-state index contributed by atoms with van der Waals surface area (Å²) in [4.78, 5) is 25.1. The number of hydrogen-bond acceptors (Lipinski definition) is 5. The molecule has 1 aromatic heterocycles. The molecule has 166 valence electrons. The van der Waals surface area contributed by atoms with Crippen LogP contribution in [0.5, 0.6) is 11.6 Å². The van der Waals surface area contributed by atoms with Gasteiger partial charge in [-0.15, -0.1) is 0 Å². The lowest BCUT2D eigenvalue weighted by Crippen LogP contribution is -2.54. The molecule has 1 fully saturated rings. The zero-order valence-electron chi connectivity index (χ0n) is 18.0. The molecule has 32 heavy (non-hydrogen) atoms. The van der Waals surface area contributed by atoms with Gasteiger partial charge in [-0.2, -0.15) is 0 Å². The first-order valence-electron chi connectivity index (χ1n) is 10.4. The zero-order chi connectivity index (χ0) is 22.7. The maximum absolute atomic E-state index is 14.0. The fraction of sp³-hybridized carbons (Fsp3) is 0.292. The Labute approximate surface area is 185 Å². The quantitative estimate of drug-likeness (QED) is 0.599. The summed E-state index contributed by atoms with van der Waals surface area (Å²) in [6.45, 7) is 5.55. The van der Waals surface area contributed by atoms with Crippen LogP contribution in [0, 0.1) is 18.6 Å². The van der Waals surface area contributed by atoms with Crippen LogP contribution >= 0.6 is 0 Å². The molecule has 4 rings (SSSR count). The molecule has 0 unspecified atom stereocenters. The molecule has 1 aliphatic heterocycles. The van der Waals surface area contributed by atoms with E-state index in [0.29, 0.717) is 25.5 Å². The second-order valence-corrected chi connectivity index (χ2v) is 7.94. The Morgan fingerprint density at radius 2 is 1.88 bits per heavy atom. The Balaban J connectivity index is 1.40. The maximum atomic E-state index is 14.0. The van der Waals surface area contributed by atoms with Crippen LogP contribution in [-0.2, 0) is 11.2 Å². The lowest BCUT2D eigenvalue weighted by atomic mass is 10.1. The Bertz CT molecular complexity index is 1110. The topological polar surface area (TPSA) is 58.6 Å². The van der Waals surface area contributed by atoms with Crippen LogP contribution in [0.4, 0.5) is 14.6 Å². The van der Waals surface area contributed by atoms with E-state index in [0.717, 1.165) is 11.1 Å². The third-order valence-corrected chi connectivity index (χ3v) is 5.47. The van der Waals surface area contributed by atoms with Crippen LogP contribution in [0.2, 0.25) is 0 Å². The summed E-state index contributed by atoms with van der Waals surface area (Å²) in [6, 6.07) is 12.3. The van der Waals surface area contributed by atoms with Gasteiger partial charge in [0.05, 0.1) is 6.42 Å². The van der Waals surface area contributed by atoms with Crippen molar-refractivity contribution in [3.05, 3.63) is 77.6 Å². The van der Waals surface area contributed by atoms with E-state index in [1.165, 1.54) is 24.5 Å². The van der Waals surface area contributed by atoms with Crippen LogP contribution in [-0.4, -0.2) is 46.5 Å². The van der Waals surface area contributed by atoms with E-state index < -0.39 is 5.82 Å². The van der Waals surface area contributed by atoms with Crippen molar-refractivity contribution in [1.82, 2.24) is 14.9 Å². The van der Waals surface area contributed by atoms with Gasteiger partial charge in [0, 0.05) is 31.7 Å². The van der Waals surface area contributed by atoms with Crippen LogP contribution in [0.3, 0.4) is 0 Å². The second-order valence-electron chi connectivity index (χ2n) is 7.94. The van der Waals surface area contributed by atoms with Crippen molar-refractivity contribution in [2.75, 3.05) is 24.5 Å². The fourth-order valence-corrected chi connectivity index (χ4v) is 3.77. The second kappa shape index (κ2) is 9.30. The number of hydrogen-bond donors (Lipinski definition) is 0. The highest BCUT2D eigenvalue weighted by Crippen LogP contribution is 2.26. The minimum Gasteiger partial charge on any atom is -0.436 e. The molecule has 0 bridgehead atoms. The van der Waals surface area contributed by atoms with Gasteiger partial charge in [0.25, 0.3) is 0 Å². The lowest BCUT2D eigenvalue weighted by Gasteiger charge is -2.40. The molecule has 0 spiro atoms. The largest absolute Gasteiger partial charge is 0.436 e. The van der Waals surface area contributed by atoms with E-state index >= 15 is 0 Å². The average molecular weight is 438 g/mol. The number of halogens is 2. The van der Waals surface area contributed by atoms with Gasteiger partial charge in [0.2, 0.25) is 11.8 Å². The first-order valence-corrected chi connectivity index (χ1v) is 10.4. The number of aromatic nitrogens is 2. The van der Waals surface area contributed by atoms with E-state index in [4.69, 9.17) is 4.74 Å². The van der Waals surface area contributed by atoms with Gasteiger partial charge in [-0.1, -0.05) is 18.2 Å². The van der Waals surface area contributed by atoms with Crippen molar-refractivity contribution in [2.24, 2.45) is 0 Å². The Morgan fingerprint density at radius 3 is 2.62 bits per heavy atom. The van der Waals surface area contributed by atoms with Crippen LogP contribution < -0.4 is 9.64 Å². The molecule has 8 heteroatoms. The van der Waals surface area contributed by atoms with Gasteiger partial charge in [-0.05, 0) is 49.2 Å². The van der Waals surface area contributed by atoms with E-state index in [1.54, 1.807) is 30.3 Å². The van der Waals surface area contributed by atoms with E-state index in [2.05, 4.69) is 9.97 Å². The minimum atomic E-state index is -0.460. The molecule has 0 aliphatic carbocycles. The molecular weight excluding hydrogens is 414 g/mol. The highest BCUT2D eigenvalue weighted by Gasteiger charge is 2.28. The lowest BCUT2D eigenvalue weighted by molar-refractivity contribution is -0.132. The van der Waals surface area contributed by atoms with Crippen molar-refractivity contribution in [1.29, 1.82) is 0 Å². The third-order valence-electron chi connectivity index (χ3n) is 5.47. The number of anilines is 1. The van der Waals surface area contributed by atoms with Gasteiger partial charge in [-0.25, -0.2) is 18.7 Å². The average Bonchev–Trinajstić information content (AvgIpc) is 2.78. The molecular formula is C24H24F2N4O2. The molecule has 0 saturated carbocycles. The number of benzene rings is 2. The van der Waals surface area contributed by atoms with Gasteiger partial charge in [0.1, 0.15) is 18.0 Å². The first-order chi connectivity index (χ1) is 15.4. The highest BCUT2D eigenvalue weighted by molar-refractivity contribution is 5.79. The number of aryl methyl sites for hydroxylation is 1. The Hall–Kier alpha value is -3.55. The van der Waals surface area contributed by atoms with E-state index in [1.807, 2.05) is 23.6 Å². The Kier molecular flexibility index (Phi) is 6.30. The molecule has 6 nitrogen and oxygen atoms in total. The number of piperazine rings is 1. The SMILES string of the molecule is Cc1ccc(F)c(Oc2cc(N3CCN(C(=O)Cc4ccc(F)cc4)[C@@H](C)C3)ncn2)c1. The van der Waals surface area contributed by atoms with Crippen molar-refractivity contribution in [3.63, 3.8) is 0 Å². The molecule has 1 saturated heterocycles. The summed E-state index contributed by atoms with van der Waals surface area (Å²) in [6.07, 6.45) is 1.62. The fourth-order valence-electron chi connectivity index (χ4n) is 3.77. The molecule has 3 aromatic rings. The molecule has 0 N–H and O–H groups in total. The predicted octanol–water partition coefficient (Wildman–Crippen LogP) is 4.14. The van der Waals surface area contributed by atoms with Gasteiger partial charge < -0.3 is 14.5 Å². The zero-order valence-corrected chi connectivity index (χ0v) is 18.0. The molecule has 0 radical (unpaired) electrons. The van der Waals surface area contributed by atoms with Gasteiger partial charge >= 0.3 is 0 Å². The molecule has 1 atom stereocenters. The van der Waals surface area contributed by atoms with E-state index in [-0.39, 0.29) is 35.8 Å². The molecule has 2 aromatic carbocycles. The van der Waals surface area contributed by atoms with Crippen LogP contribution in [0.25, 0.3) is 0 Å². The summed E-state index contributed by atoms with van der Waals surface area (Å²) in [5.41, 5.74) is 1.66. The van der Waals surface area contributed by atoms with Crippen LogP contribution in [0.1, 0.15) is 18.1 Å². The molecule has 1 amide bonds. The monoisotopic (exact) mass is 438 g/mol. The smallest absolute Gasteiger partial charge is 0.227 e. The van der Waals surface area contributed by atoms with Crippen molar-refractivity contribution in [3.8, 4) is 11.6 Å². The third kappa shape index (κ3) is 5.01. The van der Waals surface area contributed by atoms with Crippen LogP contribution in [0.15, 0.2) is 54.9 Å². The number of carbonyl (C=O) groups excluding carboxylic acids is 1. The summed E-state index contributed by atoms with van der Waals surface area (Å²) in [7, 11) is 0. The summed E-state index contributed by atoms with van der Waals surface area (Å²) < 4.78 is 32.8. The number of nitrogens with zero attached hydrogens (tertiary/aromatic N) is 4. The van der Waals surface area contributed by atoms with Gasteiger partial charge in [0.15, 0.2) is 11.6 Å². The minimum absolute atomic E-state index is 0.00499. The maximum Gasteiger partial charge on any atom is 0.227 e. The first kappa shape index (κ1) is 21.7.